The Morgan fingerprint density at radius 2 is 1.76 bits per heavy atom. The molecule has 1 saturated heterocycles. The lowest BCUT2D eigenvalue weighted by molar-refractivity contribution is 0.208. The molecule has 0 bridgehead atoms. The Morgan fingerprint density at radius 1 is 1.03 bits per heavy atom. The minimum atomic E-state index is -0.446. The van der Waals surface area contributed by atoms with Crippen LogP contribution in [0.4, 0.5) is 20.7 Å². The first-order chi connectivity index (χ1) is 14.0. The summed E-state index contributed by atoms with van der Waals surface area (Å²) in [6.07, 6.45) is 3.29. The summed E-state index contributed by atoms with van der Waals surface area (Å²) in [7, 11) is 0. The third-order valence-corrected chi connectivity index (χ3v) is 5.14. The van der Waals surface area contributed by atoms with Crippen molar-refractivity contribution in [1.29, 1.82) is 0 Å². The second kappa shape index (κ2) is 7.86. The first-order valence-corrected chi connectivity index (χ1v) is 9.41. The Morgan fingerprint density at radius 3 is 2.45 bits per heavy atom. The number of carbonyl (C=O) groups is 1. The number of rotatable bonds is 3. The minimum absolute atomic E-state index is 0.186. The topological polar surface area (TPSA) is 79.2 Å². The Labute approximate surface area is 168 Å². The number of piperazine rings is 1. The van der Waals surface area contributed by atoms with Crippen LogP contribution in [0.3, 0.4) is 0 Å². The van der Waals surface area contributed by atoms with Crippen LogP contribution in [0.25, 0.3) is 5.82 Å². The number of benzene rings is 1. The molecule has 3 aromatic rings. The fourth-order valence-electron chi connectivity index (χ4n) is 3.27. The van der Waals surface area contributed by atoms with E-state index in [2.05, 4.69) is 25.2 Å². The summed E-state index contributed by atoms with van der Waals surface area (Å²) in [4.78, 5) is 29.3. The van der Waals surface area contributed by atoms with Gasteiger partial charge in [-0.3, -0.25) is 4.57 Å². The summed E-state index contributed by atoms with van der Waals surface area (Å²) >= 11 is 0. The number of nitrogens with zero attached hydrogens (tertiary/aromatic N) is 6. The average molecular weight is 395 g/mol. The summed E-state index contributed by atoms with van der Waals surface area (Å²) in [6.45, 7) is 6.24. The van der Waals surface area contributed by atoms with Gasteiger partial charge >= 0.3 is 6.03 Å². The molecule has 0 unspecified atom stereocenters. The molecule has 150 valence electrons. The van der Waals surface area contributed by atoms with Gasteiger partial charge in [0.25, 0.3) is 0 Å². The van der Waals surface area contributed by atoms with E-state index in [1.165, 1.54) is 12.4 Å². The highest BCUT2D eigenvalue weighted by molar-refractivity contribution is 5.89. The van der Waals surface area contributed by atoms with E-state index < -0.39 is 5.82 Å². The van der Waals surface area contributed by atoms with Gasteiger partial charge in [0.1, 0.15) is 30.1 Å². The maximum absolute atomic E-state index is 13.7. The van der Waals surface area contributed by atoms with Crippen LogP contribution in [0, 0.1) is 19.7 Å². The highest BCUT2D eigenvalue weighted by atomic mass is 19.1. The van der Waals surface area contributed by atoms with Crippen LogP contribution in [-0.4, -0.2) is 56.6 Å². The van der Waals surface area contributed by atoms with Gasteiger partial charge in [-0.2, -0.15) is 0 Å². The number of amides is 2. The molecular formula is C20H22FN7O. The summed E-state index contributed by atoms with van der Waals surface area (Å²) in [6, 6.07) is 7.76. The maximum atomic E-state index is 13.7. The lowest BCUT2D eigenvalue weighted by Crippen LogP contribution is -2.50. The van der Waals surface area contributed by atoms with Gasteiger partial charge in [-0.05, 0) is 26.0 Å². The molecule has 3 heterocycles. The van der Waals surface area contributed by atoms with Crippen LogP contribution in [0.15, 0.2) is 43.0 Å². The molecule has 2 amide bonds. The van der Waals surface area contributed by atoms with Gasteiger partial charge in [-0.25, -0.2) is 24.1 Å². The molecule has 2 aromatic heterocycles. The van der Waals surface area contributed by atoms with E-state index in [0.29, 0.717) is 26.2 Å². The maximum Gasteiger partial charge on any atom is 0.322 e. The predicted octanol–water partition coefficient (Wildman–Crippen LogP) is 2.77. The molecule has 0 saturated carbocycles. The molecule has 4 rings (SSSR count). The van der Waals surface area contributed by atoms with Crippen molar-refractivity contribution in [1.82, 2.24) is 24.4 Å². The molecule has 1 aliphatic heterocycles. The molecule has 0 atom stereocenters. The zero-order valence-corrected chi connectivity index (χ0v) is 16.3. The smallest absolute Gasteiger partial charge is 0.322 e. The zero-order chi connectivity index (χ0) is 20.4. The monoisotopic (exact) mass is 395 g/mol. The highest BCUT2D eigenvalue weighted by Crippen LogP contribution is 2.19. The van der Waals surface area contributed by atoms with E-state index in [1.54, 1.807) is 29.4 Å². The van der Waals surface area contributed by atoms with Gasteiger partial charge in [-0.1, -0.05) is 12.1 Å². The Bertz CT molecular complexity index is 1030. The van der Waals surface area contributed by atoms with Crippen LogP contribution in [0.5, 0.6) is 0 Å². The van der Waals surface area contributed by atoms with Crippen molar-refractivity contribution in [3.63, 3.8) is 0 Å². The molecule has 1 aliphatic rings. The molecule has 0 spiro atoms. The lowest BCUT2D eigenvalue weighted by Gasteiger charge is -2.35. The molecule has 1 aromatic carbocycles. The van der Waals surface area contributed by atoms with E-state index in [4.69, 9.17) is 0 Å². The second-order valence-electron chi connectivity index (χ2n) is 6.90. The number of anilines is 2. The van der Waals surface area contributed by atoms with E-state index >= 15 is 0 Å². The SMILES string of the molecule is Cc1ncn(-c2cc(N3CCN(C(=O)Nc4ccccc4F)CC3)ncn2)c1C. The van der Waals surface area contributed by atoms with Gasteiger partial charge in [0.2, 0.25) is 0 Å². The highest BCUT2D eigenvalue weighted by Gasteiger charge is 2.23. The second-order valence-corrected chi connectivity index (χ2v) is 6.90. The molecule has 9 heteroatoms. The number of hydrogen-bond donors (Lipinski definition) is 1. The largest absolute Gasteiger partial charge is 0.353 e. The van der Waals surface area contributed by atoms with Gasteiger partial charge in [0.05, 0.1) is 11.4 Å². The number of para-hydroxylation sites is 1. The number of halogens is 1. The van der Waals surface area contributed by atoms with Crippen molar-refractivity contribution in [2.45, 2.75) is 13.8 Å². The van der Waals surface area contributed by atoms with Crippen molar-refractivity contribution in [3.05, 3.63) is 60.2 Å². The van der Waals surface area contributed by atoms with Crippen molar-refractivity contribution in [2.24, 2.45) is 0 Å². The Hall–Kier alpha value is -3.49. The van der Waals surface area contributed by atoms with Crippen molar-refractivity contribution >= 4 is 17.5 Å². The number of imidazole rings is 1. The van der Waals surface area contributed by atoms with Crippen LogP contribution >= 0.6 is 0 Å². The van der Waals surface area contributed by atoms with Gasteiger partial charge < -0.3 is 15.1 Å². The first-order valence-electron chi connectivity index (χ1n) is 9.41. The predicted molar refractivity (Wildman–Crippen MR) is 108 cm³/mol. The van der Waals surface area contributed by atoms with Crippen molar-refractivity contribution < 1.29 is 9.18 Å². The molecular weight excluding hydrogens is 373 g/mol. The van der Waals surface area contributed by atoms with Gasteiger partial charge in [0.15, 0.2) is 0 Å². The fourth-order valence-corrected chi connectivity index (χ4v) is 3.27. The number of nitrogens with one attached hydrogen (secondary N) is 1. The van der Waals surface area contributed by atoms with E-state index in [-0.39, 0.29) is 11.7 Å². The van der Waals surface area contributed by atoms with E-state index in [0.717, 1.165) is 23.0 Å². The third kappa shape index (κ3) is 3.89. The lowest BCUT2D eigenvalue weighted by atomic mass is 10.3. The third-order valence-electron chi connectivity index (χ3n) is 5.14. The van der Waals surface area contributed by atoms with Gasteiger partial charge in [-0.15, -0.1) is 0 Å². The van der Waals surface area contributed by atoms with Crippen LogP contribution < -0.4 is 10.2 Å². The normalized spacial score (nSPS) is 14.2. The molecule has 1 N–H and O–H groups in total. The minimum Gasteiger partial charge on any atom is -0.353 e. The Balaban J connectivity index is 1.41. The Kier molecular flexibility index (Phi) is 5.11. The van der Waals surface area contributed by atoms with Crippen molar-refractivity contribution in [3.8, 4) is 5.82 Å². The number of hydrogen-bond acceptors (Lipinski definition) is 5. The average Bonchev–Trinajstić information content (AvgIpc) is 3.08. The summed E-state index contributed by atoms with van der Waals surface area (Å²) in [5, 5.41) is 2.63. The van der Waals surface area contributed by atoms with Crippen LogP contribution in [-0.2, 0) is 0 Å². The van der Waals surface area contributed by atoms with Crippen LogP contribution in [0.1, 0.15) is 11.4 Å². The number of carbonyl (C=O) groups excluding carboxylic acids is 1. The molecule has 0 radical (unpaired) electrons. The van der Waals surface area contributed by atoms with Crippen molar-refractivity contribution in [2.75, 3.05) is 36.4 Å². The number of urea groups is 1. The number of aromatic nitrogens is 4. The zero-order valence-electron chi connectivity index (χ0n) is 16.3. The number of aryl methyl sites for hydroxylation is 1. The van der Waals surface area contributed by atoms with Gasteiger partial charge in [0, 0.05) is 37.9 Å². The first kappa shape index (κ1) is 18.9. The standard InChI is InChI=1S/C20H22FN7O/c1-14-15(2)28(13-24-14)19-11-18(22-12-23-19)26-7-9-27(10-8-26)20(29)25-17-6-4-3-5-16(17)21/h3-6,11-13H,7-10H2,1-2H3,(H,25,29). The molecule has 1 fully saturated rings. The quantitative estimate of drug-likeness (QED) is 0.738. The molecule has 8 nitrogen and oxygen atoms in total. The summed E-state index contributed by atoms with van der Waals surface area (Å²) < 4.78 is 15.7. The molecule has 0 aliphatic carbocycles. The summed E-state index contributed by atoms with van der Waals surface area (Å²) in [5.74, 6) is 1.11. The van der Waals surface area contributed by atoms with E-state index in [9.17, 15) is 9.18 Å². The fraction of sp³-hybridized carbons (Fsp3) is 0.300. The summed E-state index contributed by atoms with van der Waals surface area (Å²) in [5.41, 5.74) is 2.18. The van der Waals surface area contributed by atoms with E-state index in [1.807, 2.05) is 24.5 Å². The molecule has 29 heavy (non-hydrogen) atoms. The van der Waals surface area contributed by atoms with Crippen LogP contribution in [0.2, 0.25) is 0 Å².